The molecule has 0 aliphatic heterocycles. The van der Waals surface area contributed by atoms with Gasteiger partial charge in [-0.25, -0.2) is 0 Å². The van der Waals surface area contributed by atoms with Crippen LogP contribution in [0.2, 0.25) is 0 Å². The third-order valence-electron chi connectivity index (χ3n) is 2.38. The van der Waals surface area contributed by atoms with Gasteiger partial charge in [-0.3, -0.25) is 4.79 Å². The van der Waals surface area contributed by atoms with Crippen LogP contribution in [0.4, 0.5) is 0 Å². The van der Waals surface area contributed by atoms with Gasteiger partial charge in [0.25, 0.3) is 0 Å². The van der Waals surface area contributed by atoms with Crippen molar-refractivity contribution in [2.45, 2.75) is 31.6 Å². The standard InChI is InChI=1S/C13H17ClO3/c1-13(2,3)9-4-6-10(7-5-9)17-8-11(14)12(15)16/h4-7,11H,8H2,1-3H3,(H,15,16). The molecule has 0 fully saturated rings. The smallest absolute Gasteiger partial charge is 0.325 e. The minimum Gasteiger partial charge on any atom is -0.491 e. The molecule has 0 saturated carbocycles. The van der Waals surface area contributed by atoms with Crippen LogP contribution in [-0.4, -0.2) is 23.1 Å². The number of carboxylic acids is 1. The monoisotopic (exact) mass is 256 g/mol. The molecular formula is C13H17ClO3. The molecule has 94 valence electrons. The van der Waals surface area contributed by atoms with E-state index in [9.17, 15) is 4.79 Å². The molecule has 0 aliphatic rings. The molecule has 0 bridgehead atoms. The molecule has 0 aliphatic carbocycles. The number of ether oxygens (including phenoxy) is 1. The first-order chi connectivity index (χ1) is 7.80. The summed E-state index contributed by atoms with van der Waals surface area (Å²) in [6.07, 6.45) is 0. The summed E-state index contributed by atoms with van der Waals surface area (Å²) >= 11 is 5.54. The lowest BCUT2D eigenvalue weighted by atomic mass is 9.87. The van der Waals surface area contributed by atoms with Crippen molar-refractivity contribution < 1.29 is 14.6 Å². The Hall–Kier alpha value is -1.22. The van der Waals surface area contributed by atoms with Crippen LogP contribution in [0.1, 0.15) is 26.3 Å². The van der Waals surface area contributed by atoms with Gasteiger partial charge < -0.3 is 9.84 Å². The second kappa shape index (κ2) is 5.41. The van der Waals surface area contributed by atoms with E-state index in [4.69, 9.17) is 21.4 Å². The van der Waals surface area contributed by atoms with Gasteiger partial charge in [0.2, 0.25) is 0 Å². The van der Waals surface area contributed by atoms with Crippen molar-refractivity contribution >= 4 is 17.6 Å². The molecule has 0 amide bonds. The van der Waals surface area contributed by atoms with Crippen molar-refractivity contribution in [3.05, 3.63) is 29.8 Å². The summed E-state index contributed by atoms with van der Waals surface area (Å²) in [7, 11) is 0. The largest absolute Gasteiger partial charge is 0.491 e. The van der Waals surface area contributed by atoms with Gasteiger partial charge in [0.1, 0.15) is 12.4 Å². The number of benzene rings is 1. The fourth-order valence-corrected chi connectivity index (χ4v) is 1.35. The van der Waals surface area contributed by atoms with Gasteiger partial charge in [0, 0.05) is 0 Å². The van der Waals surface area contributed by atoms with Gasteiger partial charge in [0.15, 0.2) is 5.38 Å². The lowest BCUT2D eigenvalue weighted by Crippen LogP contribution is -2.21. The van der Waals surface area contributed by atoms with E-state index < -0.39 is 11.3 Å². The van der Waals surface area contributed by atoms with Crippen molar-refractivity contribution in [1.82, 2.24) is 0 Å². The summed E-state index contributed by atoms with van der Waals surface area (Å²) in [6.45, 7) is 6.35. The number of alkyl halides is 1. The van der Waals surface area contributed by atoms with Crippen molar-refractivity contribution in [3.63, 3.8) is 0 Å². The van der Waals surface area contributed by atoms with Crippen molar-refractivity contribution in [1.29, 1.82) is 0 Å². The molecular weight excluding hydrogens is 240 g/mol. The van der Waals surface area contributed by atoms with Crippen LogP contribution in [0.5, 0.6) is 5.75 Å². The van der Waals surface area contributed by atoms with Crippen LogP contribution in [0.25, 0.3) is 0 Å². The zero-order valence-corrected chi connectivity index (χ0v) is 11.0. The van der Waals surface area contributed by atoms with Gasteiger partial charge in [-0.05, 0) is 23.1 Å². The fraction of sp³-hybridized carbons (Fsp3) is 0.462. The highest BCUT2D eigenvalue weighted by Gasteiger charge is 2.15. The summed E-state index contributed by atoms with van der Waals surface area (Å²) in [5, 5.41) is 7.58. The first-order valence-corrected chi connectivity index (χ1v) is 5.84. The van der Waals surface area contributed by atoms with E-state index in [1.807, 2.05) is 24.3 Å². The summed E-state index contributed by atoms with van der Waals surface area (Å²) in [5.74, 6) is -0.442. The Labute approximate surface area is 106 Å². The maximum absolute atomic E-state index is 10.5. The Morgan fingerprint density at radius 1 is 1.35 bits per heavy atom. The van der Waals surface area contributed by atoms with E-state index in [2.05, 4.69) is 20.8 Å². The molecule has 4 heteroatoms. The molecule has 1 unspecified atom stereocenters. The number of carbonyl (C=O) groups is 1. The Balaban J connectivity index is 2.60. The van der Waals surface area contributed by atoms with Crippen LogP contribution in [-0.2, 0) is 10.2 Å². The Bertz CT molecular complexity index is 379. The summed E-state index contributed by atoms with van der Waals surface area (Å²) < 4.78 is 5.28. The molecule has 1 aromatic carbocycles. The lowest BCUT2D eigenvalue weighted by molar-refractivity contribution is -0.137. The highest BCUT2D eigenvalue weighted by Crippen LogP contribution is 2.24. The van der Waals surface area contributed by atoms with Gasteiger partial charge in [-0.1, -0.05) is 32.9 Å². The van der Waals surface area contributed by atoms with Crippen LogP contribution >= 0.6 is 11.6 Å². The molecule has 0 spiro atoms. The molecule has 1 rings (SSSR count). The molecule has 3 nitrogen and oxygen atoms in total. The van der Waals surface area contributed by atoms with E-state index >= 15 is 0 Å². The average Bonchev–Trinajstić information content (AvgIpc) is 2.25. The van der Waals surface area contributed by atoms with E-state index in [-0.39, 0.29) is 12.0 Å². The fourth-order valence-electron chi connectivity index (χ4n) is 1.29. The summed E-state index contributed by atoms with van der Waals surface area (Å²) in [6, 6.07) is 7.59. The van der Waals surface area contributed by atoms with Crippen molar-refractivity contribution in [3.8, 4) is 5.75 Å². The average molecular weight is 257 g/mol. The van der Waals surface area contributed by atoms with Crippen molar-refractivity contribution in [2.75, 3.05) is 6.61 Å². The number of aliphatic carboxylic acids is 1. The first kappa shape index (κ1) is 13.8. The summed E-state index contributed by atoms with van der Waals surface area (Å²) in [4.78, 5) is 10.5. The van der Waals surface area contributed by atoms with Crippen LogP contribution in [0, 0.1) is 0 Å². The number of hydrogen-bond donors (Lipinski definition) is 1. The van der Waals surface area contributed by atoms with E-state index in [0.29, 0.717) is 5.75 Å². The van der Waals surface area contributed by atoms with E-state index in [1.54, 1.807) is 0 Å². The maximum atomic E-state index is 10.5. The Morgan fingerprint density at radius 3 is 2.29 bits per heavy atom. The van der Waals surface area contributed by atoms with Gasteiger partial charge in [-0.15, -0.1) is 11.6 Å². The molecule has 0 saturated heterocycles. The molecule has 1 atom stereocenters. The van der Waals surface area contributed by atoms with Crippen LogP contribution < -0.4 is 4.74 Å². The number of carboxylic acid groups (broad SMARTS) is 1. The zero-order valence-electron chi connectivity index (χ0n) is 10.2. The Kier molecular flexibility index (Phi) is 4.40. The quantitative estimate of drug-likeness (QED) is 0.843. The first-order valence-electron chi connectivity index (χ1n) is 5.41. The molecule has 0 heterocycles. The highest BCUT2D eigenvalue weighted by molar-refractivity contribution is 6.29. The van der Waals surface area contributed by atoms with E-state index in [1.165, 1.54) is 5.56 Å². The van der Waals surface area contributed by atoms with Crippen molar-refractivity contribution in [2.24, 2.45) is 0 Å². The topological polar surface area (TPSA) is 46.5 Å². The SMILES string of the molecule is CC(C)(C)c1ccc(OCC(Cl)C(=O)O)cc1. The third kappa shape index (κ3) is 4.27. The number of rotatable bonds is 4. The van der Waals surface area contributed by atoms with Gasteiger partial charge in [0.05, 0.1) is 0 Å². The van der Waals surface area contributed by atoms with Gasteiger partial charge >= 0.3 is 5.97 Å². The lowest BCUT2D eigenvalue weighted by Gasteiger charge is -2.19. The van der Waals surface area contributed by atoms with E-state index in [0.717, 1.165) is 0 Å². The molecule has 0 aromatic heterocycles. The predicted octanol–water partition coefficient (Wildman–Crippen LogP) is 3.05. The molecule has 1 N–H and O–H groups in total. The molecule has 17 heavy (non-hydrogen) atoms. The maximum Gasteiger partial charge on any atom is 0.325 e. The minimum atomic E-state index is -1.07. The number of halogens is 1. The number of hydrogen-bond acceptors (Lipinski definition) is 2. The minimum absolute atomic E-state index is 0.0360. The highest BCUT2D eigenvalue weighted by atomic mass is 35.5. The van der Waals surface area contributed by atoms with Crippen LogP contribution in [0.3, 0.4) is 0 Å². The van der Waals surface area contributed by atoms with Gasteiger partial charge in [-0.2, -0.15) is 0 Å². The third-order valence-corrected chi connectivity index (χ3v) is 2.70. The normalized spacial score (nSPS) is 13.2. The second-order valence-corrected chi connectivity index (χ2v) is 5.42. The zero-order chi connectivity index (χ0) is 13.1. The predicted molar refractivity (Wildman–Crippen MR) is 67.9 cm³/mol. The van der Waals surface area contributed by atoms with Crippen LogP contribution in [0.15, 0.2) is 24.3 Å². The molecule has 1 aromatic rings. The second-order valence-electron chi connectivity index (χ2n) is 4.89. The Morgan fingerprint density at radius 2 is 1.88 bits per heavy atom. The summed E-state index contributed by atoms with van der Waals surface area (Å²) in [5.41, 5.74) is 1.29. The molecule has 0 radical (unpaired) electrons.